The van der Waals surface area contributed by atoms with Crippen LogP contribution >= 0.6 is 9.24 Å². The summed E-state index contributed by atoms with van der Waals surface area (Å²) in [5.41, 5.74) is 0. The van der Waals surface area contributed by atoms with Crippen LogP contribution in [0.25, 0.3) is 0 Å². The molecule has 0 aliphatic heterocycles. The Labute approximate surface area is 29.6 Å². The molecule has 0 heterocycles. The van der Waals surface area contributed by atoms with Crippen molar-refractivity contribution in [3.05, 3.63) is 0 Å². The largest absolute Gasteiger partial charge is 0.414 e. The minimum atomic E-state index is -4.31. The van der Waals surface area contributed by atoms with Crippen LogP contribution in [-0.4, -0.2) is 5.92 Å². The molecule has 0 aromatic carbocycles. The third-order valence-electron chi connectivity index (χ3n) is 0. The highest BCUT2D eigenvalue weighted by atomic mass is 31.0. The average molecular weight is 100.0 g/mol. The zero-order chi connectivity index (χ0) is 4.50. The summed E-state index contributed by atoms with van der Waals surface area (Å²) in [7, 11) is 2.12. The second-order valence-electron chi connectivity index (χ2n) is 0.468. The molecule has 0 aliphatic carbocycles. The molecule has 30 valence electrons. The van der Waals surface area contributed by atoms with Gasteiger partial charge < -0.3 is 0 Å². The van der Waals surface area contributed by atoms with Crippen LogP contribution in [-0.2, 0) is 0 Å². The summed E-state index contributed by atoms with van der Waals surface area (Å²) < 4.78 is 30.7. The van der Waals surface area contributed by atoms with Crippen LogP contribution in [0, 0.1) is 0 Å². The second kappa shape index (κ2) is 1.13. The Morgan fingerprint density at radius 1 is 1.20 bits per heavy atom. The lowest BCUT2D eigenvalue weighted by molar-refractivity contribution is -0.0341. The van der Waals surface area contributed by atoms with E-state index in [0.29, 0.717) is 0 Å². The van der Waals surface area contributed by atoms with E-state index in [1.54, 1.807) is 0 Å². The first-order valence-corrected chi connectivity index (χ1v) is 1.24. The molecule has 0 atom stereocenters. The minimum Gasteiger partial charge on any atom is -0.166 e. The topological polar surface area (TPSA) is 0 Å². The Morgan fingerprint density at radius 3 is 1.20 bits per heavy atom. The van der Waals surface area contributed by atoms with Crippen LogP contribution in [0.4, 0.5) is 13.2 Å². The van der Waals surface area contributed by atoms with Gasteiger partial charge in [0, 0.05) is 0 Å². The van der Waals surface area contributed by atoms with Crippen molar-refractivity contribution < 1.29 is 13.2 Å². The van der Waals surface area contributed by atoms with Gasteiger partial charge in [-0.25, -0.2) is 0 Å². The maximum Gasteiger partial charge on any atom is 0.414 e. The molecule has 0 bridgehead atoms. The van der Waals surface area contributed by atoms with Gasteiger partial charge in [0.15, 0.2) is 0 Å². The predicted molar refractivity (Wildman–Crippen MR) is 13.0 cm³/mol. The average Bonchev–Trinajstić information content (AvgIpc) is 0.722. The lowest BCUT2D eigenvalue weighted by Gasteiger charge is -1.86. The highest BCUT2D eigenvalue weighted by Crippen LogP contribution is 2.21. The first-order valence-electron chi connectivity index (χ1n) is 0.791. The Kier molecular flexibility index (Phi) is 1.18. The summed E-state index contributed by atoms with van der Waals surface area (Å²) in [5.74, 6) is -4.31. The number of hydrogen-bond donors (Lipinski definition) is 0. The van der Waals surface area contributed by atoms with E-state index in [4.69, 9.17) is 0 Å². The molecule has 0 N–H and O–H groups in total. The number of halogens is 3. The Morgan fingerprint density at radius 2 is 1.20 bits per heavy atom. The quantitative estimate of drug-likeness (QED) is 0.408. The molecule has 5 heavy (non-hydrogen) atoms. The van der Waals surface area contributed by atoms with Crippen LogP contribution in [0.5, 0.6) is 0 Å². The molecule has 0 aromatic heterocycles. The summed E-state index contributed by atoms with van der Waals surface area (Å²) in [5, 5.41) is 0. The van der Waals surface area contributed by atoms with E-state index >= 15 is 0 Å². The highest BCUT2D eigenvalue weighted by molar-refractivity contribution is 7.17. The summed E-state index contributed by atoms with van der Waals surface area (Å²) >= 11 is 0. The van der Waals surface area contributed by atoms with Gasteiger partial charge in [-0.15, -0.1) is 0 Å². The second-order valence-corrected chi connectivity index (χ2v) is 0.975. The van der Waals surface area contributed by atoms with Gasteiger partial charge in [-0.3, -0.25) is 0 Å². The minimum absolute atomic E-state index is 2.12. The van der Waals surface area contributed by atoms with Crippen molar-refractivity contribution in [2.24, 2.45) is 0 Å². The van der Waals surface area contributed by atoms with Crippen LogP contribution in [0.3, 0.4) is 0 Å². The van der Waals surface area contributed by atoms with Crippen molar-refractivity contribution >= 4 is 9.24 Å². The van der Waals surface area contributed by atoms with Gasteiger partial charge in [-0.1, -0.05) is 0 Å². The van der Waals surface area contributed by atoms with Crippen molar-refractivity contribution in [1.82, 2.24) is 0 Å². The Balaban J connectivity index is 3.02. The molecule has 0 aromatic rings. The molecular weight excluding hydrogens is 100.0 g/mol. The van der Waals surface area contributed by atoms with Gasteiger partial charge >= 0.3 is 5.92 Å². The number of alkyl halides is 3. The lowest BCUT2D eigenvalue weighted by atomic mass is 11.6. The summed E-state index contributed by atoms with van der Waals surface area (Å²) in [6.45, 7) is 0. The summed E-state index contributed by atoms with van der Waals surface area (Å²) in [6.07, 6.45) is 0. The monoisotopic (exact) mass is 100.0 g/mol. The first-order chi connectivity index (χ1) is 2.00. The van der Waals surface area contributed by atoms with Crippen molar-refractivity contribution in [3.63, 3.8) is 0 Å². The Hall–Kier alpha value is 0.220. The van der Waals surface area contributed by atoms with Crippen LogP contribution in [0.15, 0.2) is 0 Å². The molecule has 0 unspecified atom stereocenters. The SMILES string of the molecule is FC(F)(F)[P]. The van der Waals surface area contributed by atoms with Crippen molar-refractivity contribution in [3.8, 4) is 0 Å². The molecule has 0 aliphatic rings. The molecule has 0 rings (SSSR count). The van der Waals surface area contributed by atoms with Crippen LogP contribution < -0.4 is 0 Å². The molecule has 0 amide bonds. The smallest absolute Gasteiger partial charge is 0.166 e. The molecule has 4 heteroatoms. The van der Waals surface area contributed by atoms with E-state index in [-0.39, 0.29) is 0 Å². The van der Waals surface area contributed by atoms with E-state index < -0.39 is 5.92 Å². The molecule has 0 fully saturated rings. The van der Waals surface area contributed by atoms with Crippen molar-refractivity contribution in [2.45, 2.75) is 5.92 Å². The van der Waals surface area contributed by atoms with Gasteiger partial charge in [0.25, 0.3) is 0 Å². The third kappa shape index (κ3) is 430. The zero-order valence-corrected chi connectivity index (χ0v) is 2.98. The maximum atomic E-state index is 10.2. The molecule has 0 nitrogen and oxygen atoms in total. The van der Waals surface area contributed by atoms with Crippen LogP contribution in [0.2, 0.25) is 0 Å². The first kappa shape index (κ1) is 5.22. The van der Waals surface area contributed by atoms with Gasteiger partial charge in [0.1, 0.15) is 0 Å². The molecular formula is CF3P. The van der Waals surface area contributed by atoms with E-state index in [9.17, 15) is 13.2 Å². The van der Waals surface area contributed by atoms with Gasteiger partial charge in [-0.05, 0) is 0 Å². The molecule has 0 saturated heterocycles. The normalized spacial score (nSPS) is 12.0. The van der Waals surface area contributed by atoms with E-state index in [1.165, 1.54) is 0 Å². The lowest BCUT2D eigenvalue weighted by Crippen LogP contribution is -1.88. The zero-order valence-electron chi connectivity index (χ0n) is 2.08. The van der Waals surface area contributed by atoms with Crippen molar-refractivity contribution in [1.29, 1.82) is 0 Å². The van der Waals surface area contributed by atoms with E-state index in [2.05, 4.69) is 9.24 Å². The van der Waals surface area contributed by atoms with Gasteiger partial charge in [-0.2, -0.15) is 13.2 Å². The number of rotatable bonds is 0. The summed E-state index contributed by atoms with van der Waals surface area (Å²) in [6, 6.07) is 0. The Bertz CT molecular complexity index is 22.4. The van der Waals surface area contributed by atoms with Crippen molar-refractivity contribution in [2.75, 3.05) is 0 Å². The molecule has 2 radical (unpaired) electrons. The van der Waals surface area contributed by atoms with Gasteiger partial charge in [0.05, 0.1) is 9.24 Å². The standard InChI is InChI=1S/CF3P/c2-1(3,4)5. The molecule has 0 spiro atoms. The molecule has 0 saturated carbocycles. The fraction of sp³-hybridized carbons (Fsp3) is 1.00. The van der Waals surface area contributed by atoms with E-state index in [0.717, 1.165) is 0 Å². The number of hydrogen-bond acceptors (Lipinski definition) is 0. The highest BCUT2D eigenvalue weighted by Gasteiger charge is 2.18. The van der Waals surface area contributed by atoms with Gasteiger partial charge in [0.2, 0.25) is 0 Å². The summed E-state index contributed by atoms with van der Waals surface area (Å²) in [4.78, 5) is 0. The fourth-order valence-corrected chi connectivity index (χ4v) is 0. The predicted octanol–water partition coefficient (Wildman–Crippen LogP) is 1.92. The third-order valence-corrected chi connectivity index (χ3v) is 0. The van der Waals surface area contributed by atoms with Crippen LogP contribution in [0.1, 0.15) is 0 Å². The fourth-order valence-electron chi connectivity index (χ4n) is 0. The van der Waals surface area contributed by atoms with E-state index in [1.807, 2.05) is 0 Å². The maximum absolute atomic E-state index is 10.2.